The molecule has 0 amide bonds. The van der Waals surface area contributed by atoms with Crippen LogP contribution in [0, 0.1) is 35.1 Å². The Balaban J connectivity index is -0.00000000356. The molecule has 2 N–H and O–H groups in total. The maximum Gasteiger partial charge on any atom is 0 e. The molecule has 0 saturated heterocycles. The van der Waals surface area contributed by atoms with Crippen LogP contribution in [0.3, 0.4) is 0 Å². The van der Waals surface area contributed by atoms with Gasteiger partial charge in [-0.2, -0.15) is 27.7 Å². The van der Waals surface area contributed by atoms with Crippen molar-refractivity contribution in [2.75, 3.05) is 0 Å². The summed E-state index contributed by atoms with van der Waals surface area (Å²) in [4.78, 5) is 0. The Kier molecular flexibility index (Phi) is 7980. The van der Waals surface area contributed by atoms with E-state index in [-0.39, 0.29) is 39.8 Å². The monoisotopic (exact) mass is 237 g/mol. The summed E-state index contributed by atoms with van der Waals surface area (Å²) in [6, 6.07) is 0. The van der Waals surface area contributed by atoms with Crippen LogP contribution in [0.2, 0.25) is 0 Å². The van der Waals surface area contributed by atoms with Gasteiger partial charge in [0.1, 0.15) is 0 Å². The van der Waals surface area contributed by atoms with E-state index in [0.29, 0.717) is 0 Å². The van der Waals surface area contributed by atoms with Crippen molar-refractivity contribution in [2.24, 2.45) is 0 Å². The second-order valence-electron chi connectivity index (χ2n) is 0. The van der Waals surface area contributed by atoms with Gasteiger partial charge in [0.2, 0.25) is 0 Å². The minimum Gasteiger partial charge on any atom is -0.693 e. The zero-order chi connectivity index (χ0) is 8.00. The minimum atomic E-state index is 0. The maximum absolute atomic E-state index is 3.25. The van der Waals surface area contributed by atoms with Gasteiger partial charge in [-0.1, -0.05) is 0 Å². The Morgan fingerprint density at radius 3 is 0.545 bits per heavy atom. The van der Waals surface area contributed by atoms with Crippen molar-refractivity contribution in [3.8, 4) is 0 Å². The van der Waals surface area contributed by atoms with Crippen molar-refractivity contribution in [1.29, 1.82) is 0 Å². The molecule has 0 aliphatic heterocycles. The van der Waals surface area contributed by atoms with E-state index < -0.39 is 0 Å². The van der Waals surface area contributed by atoms with E-state index in [1.54, 1.807) is 27.7 Å². The Morgan fingerprint density at radius 2 is 0.545 bits per heavy atom. The van der Waals surface area contributed by atoms with Gasteiger partial charge < -0.3 is 41.3 Å². The van der Waals surface area contributed by atoms with Crippen LogP contribution in [0.1, 0.15) is 27.7 Å². The van der Waals surface area contributed by atoms with Gasteiger partial charge in [-0.3, -0.25) is 0 Å². The quantitative estimate of drug-likeness (QED) is 0.556. The Morgan fingerprint density at radius 1 is 0.545 bits per heavy atom. The van der Waals surface area contributed by atoms with Gasteiger partial charge in [-0.15, -0.1) is 0 Å². The summed E-state index contributed by atoms with van der Waals surface area (Å²) in [5.74, 6) is 0. The molecule has 0 aromatic rings. The Labute approximate surface area is 95.1 Å². The smallest absolute Gasteiger partial charge is 0 e. The number of hydrogen-bond donors (Lipinski definition) is 0. The SMILES string of the molecule is [CH2-]C.[CH2-]C.[CH2-]C.[CH2-]C.[CH3-].[NH2-].[Zr]. The molecule has 0 aromatic heterocycles. The fourth-order valence-corrected chi connectivity index (χ4v) is 0. The molecule has 1 nitrogen and oxygen atoms in total. The summed E-state index contributed by atoms with van der Waals surface area (Å²) in [7, 11) is 0. The van der Waals surface area contributed by atoms with Crippen LogP contribution < -0.4 is 0 Å². The molecular weight excluding hydrogens is 213 g/mol. The van der Waals surface area contributed by atoms with Gasteiger partial charge in [-0.05, 0) is 0 Å². The van der Waals surface area contributed by atoms with Crippen LogP contribution in [0.15, 0.2) is 0 Å². The van der Waals surface area contributed by atoms with E-state index in [9.17, 15) is 0 Å². The maximum atomic E-state index is 3.25. The van der Waals surface area contributed by atoms with Gasteiger partial charge >= 0.3 is 0 Å². The molecule has 0 rings (SSSR count). The minimum absolute atomic E-state index is 0. The van der Waals surface area contributed by atoms with Gasteiger partial charge in [0.05, 0.1) is 0 Å². The Bertz CT molecular complexity index is 9.52. The topological polar surface area (TPSA) is 33.5 Å². The van der Waals surface area contributed by atoms with Gasteiger partial charge in [0.25, 0.3) is 0 Å². The summed E-state index contributed by atoms with van der Waals surface area (Å²) in [5, 5.41) is 0. The van der Waals surface area contributed by atoms with Crippen molar-refractivity contribution < 1.29 is 26.2 Å². The summed E-state index contributed by atoms with van der Waals surface area (Å²) < 4.78 is 0. The predicted molar refractivity (Wildman–Crippen MR) is 55.8 cm³/mol. The third-order valence-corrected chi connectivity index (χ3v) is 0. The molecule has 0 heterocycles. The molecule has 0 aromatic carbocycles. The van der Waals surface area contributed by atoms with Crippen molar-refractivity contribution in [1.82, 2.24) is 0 Å². The van der Waals surface area contributed by atoms with Crippen molar-refractivity contribution in [2.45, 2.75) is 27.7 Å². The summed E-state index contributed by atoms with van der Waals surface area (Å²) in [6.45, 7) is 20.0. The first kappa shape index (κ1) is 59.4. The normalized spacial score (nSPS) is 2.18. The van der Waals surface area contributed by atoms with Crippen LogP contribution in [0.25, 0.3) is 6.15 Å². The molecule has 0 spiro atoms. The van der Waals surface area contributed by atoms with Gasteiger partial charge in [0.15, 0.2) is 0 Å². The molecule has 0 saturated carbocycles. The first-order chi connectivity index (χ1) is 4.00. The van der Waals surface area contributed by atoms with E-state index in [2.05, 4.69) is 27.7 Å². The standard InChI is InChI=1S/4C2H5.CH3.H2N.Zr/c4*1-2;;;/h4*1H2,2H3;1H3;1H2;/q6*-1;. The van der Waals surface area contributed by atoms with Crippen LogP contribution in [0.4, 0.5) is 0 Å². The molecule has 0 unspecified atom stereocenters. The number of rotatable bonds is 0. The fraction of sp³-hybridized carbons (Fsp3) is 0.444. The van der Waals surface area contributed by atoms with Crippen LogP contribution >= 0.6 is 0 Å². The average Bonchev–Trinajstić information content (AvgIpc) is 2.03. The molecule has 0 aliphatic carbocycles. The Hall–Kier alpha value is 0.843. The molecule has 0 fully saturated rings. The summed E-state index contributed by atoms with van der Waals surface area (Å²) in [6.07, 6.45) is 0. The molecule has 11 heavy (non-hydrogen) atoms. The van der Waals surface area contributed by atoms with Crippen LogP contribution in [0.5, 0.6) is 0 Å². The zero-order valence-electron chi connectivity index (χ0n) is 8.91. The van der Waals surface area contributed by atoms with E-state index in [4.69, 9.17) is 0 Å². The molecule has 0 radical (unpaired) electrons. The van der Waals surface area contributed by atoms with Crippen LogP contribution in [-0.4, -0.2) is 0 Å². The number of hydrogen-bond acceptors (Lipinski definition) is 0. The third kappa shape index (κ3) is 1190. The largest absolute Gasteiger partial charge is 0.693 e. The van der Waals surface area contributed by atoms with E-state index in [1.165, 1.54) is 0 Å². The molecule has 2 heteroatoms. The van der Waals surface area contributed by atoms with Crippen molar-refractivity contribution in [3.63, 3.8) is 0 Å². The molecule has 76 valence electrons. The molecule has 0 aliphatic rings. The molecule has 0 atom stereocenters. The second-order valence-corrected chi connectivity index (χ2v) is 0. The number of nitrogens with two attached hydrogens (primary N) is 1. The van der Waals surface area contributed by atoms with Crippen molar-refractivity contribution >= 4 is 0 Å². The predicted octanol–water partition coefficient (Wildman–Crippen LogP) is 4.53. The van der Waals surface area contributed by atoms with Gasteiger partial charge in [-0.25, -0.2) is 0 Å². The fourth-order valence-electron chi connectivity index (χ4n) is 0. The zero-order valence-corrected chi connectivity index (χ0v) is 11.4. The second kappa shape index (κ2) is 1480. The van der Waals surface area contributed by atoms with Gasteiger partial charge in [0, 0.05) is 26.2 Å². The summed E-state index contributed by atoms with van der Waals surface area (Å²) >= 11 is 0. The van der Waals surface area contributed by atoms with Crippen LogP contribution in [-0.2, 0) is 26.2 Å². The van der Waals surface area contributed by atoms with E-state index in [0.717, 1.165) is 0 Å². The first-order valence-corrected chi connectivity index (χ1v) is 2.83. The molecular formula is C9H25NZr-6. The third-order valence-electron chi connectivity index (χ3n) is 0. The average molecular weight is 239 g/mol. The van der Waals surface area contributed by atoms with E-state index >= 15 is 0 Å². The molecule has 0 bridgehead atoms. The first-order valence-electron chi connectivity index (χ1n) is 2.83. The van der Waals surface area contributed by atoms with Crippen molar-refractivity contribution in [3.05, 3.63) is 41.3 Å². The van der Waals surface area contributed by atoms with E-state index in [1.807, 2.05) is 0 Å². The summed E-state index contributed by atoms with van der Waals surface area (Å²) in [5.41, 5.74) is 0.